The summed E-state index contributed by atoms with van der Waals surface area (Å²) in [5.41, 5.74) is -0.610. The average molecular weight is 170 g/mol. The Morgan fingerprint density at radius 1 is 1.17 bits per heavy atom. The maximum Gasteiger partial charge on any atom is 0.0910 e. The van der Waals surface area contributed by atoms with E-state index in [0.717, 1.165) is 12.8 Å². The first kappa shape index (κ1) is 8.52. The van der Waals surface area contributed by atoms with Crippen LogP contribution in [0.3, 0.4) is 0 Å². The van der Waals surface area contributed by atoms with Crippen LogP contribution in [0.2, 0.25) is 0 Å². The topological polar surface area (TPSA) is 40.5 Å². The van der Waals surface area contributed by atoms with Crippen LogP contribution in [0.4, 0.5) is 0 Å². The molecule has 0 aromatic carbocycles. The van der Waals surface area contributed by atoms with Crippen molar-refractivity contribution >= 4 is 0 Å². The largest absolute Gasteiger partial charge is 0.390 e. The van der Waals surface area contributed by atoms with Crippen molar-refractivity contribution in [1.82, 2.24) is 0 Å². The average Bonchev–Trinajstić information content (AvgIpc) is 1.93. The third kappa shape index (κ3) is 0.775. The molecule has 2 bridgehead atoms. The fraction of sp³-hybridized carbons (Fsp3) is 1.00. The summed E-state index contributed by atoms with van der Waals surface area (Å²) in [4.78, 5) is 0. The van der Waals surface area contributed by atoms with Crippen LogP contribution in [0, 0.1) is 17.3 Å². The van der Waals surface area contributed by atoms with Gasteiger partial charge in [-0.1, -0.05) is 13.8 Å². The molecule has 4 atom stereocenters. The fourth-order valence-electron chi connectivity index (χ4n) is 3.15. The molecule has 0 aromatic heterocycles. The Kier molecular flexibility index (Phi) is 1.45. The Bertz CT molecular complexity index is 208. The second-order valence-corrected chi connectivity index (χ2v) is 5.28. The van der Waals surface area contributed by atoms with E-state index < -0.39 is 11.7 Å². The number of hydrogen-bond donors (Lipinski definition) is 2. The highest BCUT2D eigenvalue weighted by Crippen LogP contribution is 2.62. The normalized spacial score (nSPS) is 56.2. The molecule has 3 unspecified atom stereocenters. The van der Waals surface area contributed by atoms with Crippen LogP contribution in [0.5, 0.6) is 0 Å². The summed E-state index contributed by atoms with van der Waals surface area (Å²) in [5.74, 6) is 0.913. The van der Waals surface area contributed by atoms with Gasteiger partial charge in [0.2, 0.25) is 0 Å². The minimum Gasteiger partial charge on any atom is -0.390 e. The van der Waals surface area contributed by atoms with Crippen molar-refractivity contribution in [2.75, 3.05) is 0 Å². The first-order valence-corrected chi connectivity index (χ1v) is 4.77. The van der Waals surface area contributed by atoms with Gasteiger partial charge < -0.3 is 10.2 Å². The van der Waals surface area contributed by atoms with Crippen LogP contribution in [0.25, 0.3) is 0 Å². The van der Waals surface area contributed by atoms with Gasteiger partial charge in [-0.15, -0.1) is 0 Å². The summed E-state index contributed by atoms with van der Waals surface area (Å²) in [7, 11) is 0. The quantitative estimate of drug-likeness (QED) is 0.573. The predicted molar refractivity (Wildman–Crippen MR) is 46.6 cm³/mol. The molecule has 0 aliphatic heterocycles. The summed E-state index contributed by atoms with van der Waals surface area (Å²) in [6.45, 7) is 6.18. The molecule has 3 aliphatic rings. The number of aliphatic hydroxyl groups is 2. The number of rotatable bonds is 0. The zero-order chi connectivity index (χ0) is 9.15. The minimum atomic E-state index is -0.849. The van der Waals surface area contributed by atoms with Crippen molar-refractivity contribution < 1.29 is 10.2 Å². The molecule has 70 valence electrons. The summed E-state index contributed by atoms with van der Waals surface area (Å²) in [5, 5.41) is 19.7. The molecule has 3 saturated carbocycles. The zero-order valence-corrected chi connectivity index (χ0v) is 8.04. The molecule has 0 aromatic rings. The van der Waals surface area contributed by atoms with E-state index in [1.54, 1.807) is 6.92 Å². The molecule has 0 heterocycles. The van der Waals surface area contributed by atoms with E-state index >= 15 is 0 Å². The Hall–Kier alpha value is -0.0800. The molecule has 0 amide bonds. The molecule has 0 radical (unpaired) electrons. The number of aliphatic hydroxyl groups excluding tert-OH is 1. The van der Waals surface area contributed by atoms with Crippen molar-refractivity contribution in [3.05, 3.63) is 0 Å². The molecule has 0 spiro atoms. The summed E-state index contributed by atoms with van der Waals surface area (Å²) < 4.78 is 0. The standard InChI is InChI=1S/C10H18O2/c1-9(2)6-4-7(9)10(3,12)8(11)5-6/h6-8,11-12H,4-5H2,1-3H3/t6-,7?,8?,10?/m0/s1. The molecule has 12 heavy (non-hydrogen) atoms. The van der Waals surface area contributed by atoms with Crippen molar-refractivity contribution in [3.63, 3.8) is 0 Å². The lowest BCUT2D eigenvalue weighted by atomic mass is 9.43. The van der Waals surface area contributed by atoms with E-state index in [4.69, 9.17) is 0 Å². The van der Waals surface area contributed by atoms with Crippen LogP contribution >= 0.6 is 0 Å². The highest BCUT2D eigenvalue weighted by atomic mass is 16.3. The smallest absolute Gasteiger partial charge is 0.0910 e. The highest BCUT2D eigenvalue weighted by Gasteiger charge is 2.62. The van der Waals surface area contributed by atoms with Crippen molar-refractivity contribution in [2.24, 2.45) is 17.3 Å². The monoisotopic (exact) mass is 170 g/mol. The van der Waals surface area contributed by atoms with Gasteiger partial charge in [-0.25, -0.2) is 0 Å². The fourth-order valence-corrected chi connectivity index (χ4v) is 3.15. The van der Waals surface area contributed by atoms with Gasteiger partial charge >= 0.3 is 0 Å². The molecule has 0 saturated heterocycles. The van der Waals surface area contributed by atoms with E-state index in [-0.39, 0.29) is 5.41 Å². The molecular formula is C10H18O2. The maximum absolute atomic E-state index is 10.0. The lowest BCUT2D eigenvalue weighted by Gasteiger charge is -2.64. The molecule has 3 aliphatic carbocycles. The van der Waals surface area contributed by atoms with E-state index in [1.165, 1.54) is 0 Å². The highest BCUT2D eigenvalue weighted by molar-refractivity contribution is 5.12. The molecule has 3 rings (SSSR count). The lowest BCUT2D eigenvalue weighted by Crippen LogP contribution is -2.66. The third-order valence-corrected chi connectivity index (χ3v) is 4.36. The van der Waals surface area contributed by atoms with Gasteiger partial charge in [0, 0.05) is 0 Å². The molecule has 2 nitrogen and oxygen atoms in total. The van der Waals surface area contributed by atoms with Crippen LogP contribution in [0.1, 0.15) is 33.6 Å². The van der Waals surface area contributed by atoms with Gasteiger partial charge in [-0.05, 0) is 37.0 Å². The Morgan fingerprint density at radius 2 is 1.75 bits per heavy atom. The Labute approximate surface area is 73.6 Å². The van der Waals surface area contributed by atoms with Gasteiger partial charge in [0.1, 0.15) is 0 Å². The van der Waals surface area contributed by atoms with Gasteiger partial charge in [0.15, 0.2) is 0 Å². The van der Waals surface area contributed by atoms with E-state index in [1.807, 2.05) is 0 Å². The predicted octanol–water partition coefficient (Wildman–Crippen LogP) is 1.16. The van der Waals surface area contributed by atoms with Crippen LogP contribution in [0.15, 0.2) is 0 Å². The zero-order valence-electron chi connectivity index (χ0n) is 8.04. The van der Waals surface area contributed by atoms with E-state index in [9.17, 15) is 10.2 Å². The molecule has 2 heteroatoms. The Morgan fingerprint density at radius 3 is 2.08 bits per heavy atom. The second kappa shape index (κ2) is 2.05. The summed E-state index contributed by atoms with van der Waals surface area (Å²) in [6.07, 6.45) is 1.36. The number of hydrogen-bond acceptors (Lipinski definition) is 2. The third-order valence-electron chi connectivity index (χ3n) is 4.36. The van der Waals surface area contributed by atoms with Crippen LogP contribution in [-0.2, 0) is 0 Å². The maximum atomic E-state index is 10.0. The lowest BCUT2D eigenvalue weighted by molar-refractivity contribution is -0.245. The summed E-state index contributed by atoms with van der Waals surface area (Å²) in [6, 6.07) is 0. The SMILES string of the molecule is CC1(O)C(O)C[C@@H]2CC1C2(C)C. The van der Waals surface area contributed by atoms with Gasteiger partial charge in [-0.3, -0.25) is 0 Å². The first-order valence-electron chi connectivity index (χ1n) is 4.77. The van der Waals surface area contributed by atoms with Crippen molar-refractivity contribution in [3.8, 4) is 0 Å². The van der Waals surface area contributed by atoms with Crippen LogP contribution in [-0.4, -0.2) is 21.9 Å². The summed E-state index contributed by atoms with van der Waals surface area (Å²) >= 11 is 0. The van der Waals surface area contributed by atoms with E-state index in [0.29, 0.717) is 11.8 Å². The van der Waals surface area contributed by atoms with Crippen LogP contribution < -0.4 is 0 Å². The molecule has 2 N–H and O–H groups in total. The first-order chi connectivity index (χ1) is 5.37. The van der Waals surface area contributed by atoms with Gasteiger partial charge in [0.05, 0.1) is 11.7 Å². The van der Waals surface area contributed by atoms with E-state index in [2.05, 4.69) is 13.8 Å². The van der Waals surface area contributed by atoms with Gasteiger partial charge in [0.25, 0.3) is 0 Å². The second-order valence-electron chi connectivity index (χ2n) is 5.28. The van der Waals surface area contributed by atoms with Crippen molar-refractivity contribution in [1.29, 1.82) is 0 Å². The van der Waals surface area contributed by atoms with Crippen molar-refractivity contribution in [2.45, 2.75) is 45.3 Å². The number of fused-ring (bicyclic) bond motifs is 2. The Balaban J connectivity index is 2.27. The molecular weight excluding hydrogens is 152 g/mol. The minimum absolute atomic E-state index is 0.239. The molecule has 3 fully saturated rings. The van der Waals surface area contributed by atoms with Gasteiger partial charge in [-0.2, -0.15) is 0 Å².